The highest BCUT2D eigenvalue weighted by atomic mass is 32.2. The van der Waals surface area contributed by atoms with Crippen LogP contribution in [0, 0.1) is 5.92 Å². The van der Waals surface area contributed by atoms with E-state index in [4.69, 9.17) is 4.74 Å². The second-order valence-corrected chi connectivity index (χ2v) is 12.6. The maximum atomic E-state index is 12.9. The number of nitrogens with zero attached hydrogens (tertiary/aromatic N) is 1. The van der Waals surface area contributed by atoms with Gasteiger partial charge in [-0.1, -0.05) is 50.2 Å². The molecule has 0 spiro atoms. The molecule has 2 aromatic carbocycles. The Morgan fingerprint density at radius 2 is 1.72 bits per heavy atom. The lowest BCUT2D eigenvalue weighted by Gasteiger charge is -2.26. The van der Waals surface area contributed by atoms with E-state index in [1.165, 1.54) is 5.56 Å². The van der Waals surface area contributed by atoms with Crippen LogP contribution in [-0.2, 0) is 25.7 Å². The number of amides is 1. The van der Waals surface area contributed by atoms with Gasteiger partial charge < -0.3 is 9.64 Å². The van der Waals surface area contributed by atoms with Crippen molar-refractivity contribution < 1.29 is 17.9 Å². The fourth-order valence-electron chi connectivity index (χ4n) is 4.69. The standard InChI is InChI=1S/C26H33NO4S/c1-18(2)20-8-6-19(7-9-20)16-32(29,30)23-12-10-21(11-13-23)26-14-22(26)15-27(17-26)24(28)31-25(3,4)5/h6-13,18,22H,14-17H2,1-5H3. The van der Waals surface area contributed by atoms with Crippen LogP contribution in [0.4, 0.5) is 4.79 Å². The summed E-state index contributed by atoms with van der Waals surface area (Å²) in [5.74, 6) is 0.822. The molecule has 1 amide bonds. The molecular formula is C26H33NO4S. The van der Waals surface area contributed by atoms with Crippen molar-refractivity contribution in [2.24, 2.45) is 5.92 Å². The van der Waals surface area contributed by atoms with Crippen molar-refractivity contribution in [3.63, 3.8) is 0 Å². The number of carbonyl (C=O) groups excluding carboxylic acids is 1. The van der Waals surface area contributed by atoms with Gasteiger partial charge in [-0.3, -0.25) is 0 Å². The number of rotatable bonds is 5. The van der Waals surface area contributed by atoms with Gasteiger partial charge >= 0.3 is 6.09 Å². The molecule has 2 aromatic rings. The Morgan fingerprint density at radius 3 is 2.28 bits per heavy atom. The van der Waals surface area contributed by atoms with E-state index in [-0.39, 0.29) is 17.3 Å². The van der Waals surface area contributed by atoms with Gasteiger partial charge in [0.25, 0.3) is 0 Å². The average molecular weight is 456 g/mol. The molecule has 1 saturated carbocycles. The Bertz CT molecular complexity index is 1100. The van der Waals surface area contributed by atoms with Crippen LogP contribution in [0.25, 0.3) is 0 Å². The van der Waals surface area contributed by atoms with Crippen molar-refractivity contribution in [3.05, 3.63) is 65.2 Å². The van der Waals surface area contributed by atoms with Crippen molar-refractivity contribution in [3.8, 4) is 0 Å². The Balaban J connectivity index is 1.45. The van der Waals surface area contributed by atoms with Crippen LogP contribution in [-0.4, -0.2) is 38.1 Å². The fourth-order valence-corrected chi connectivity index (χ4v) is 6.04. The quantitative estimate of drug-likeness (QED) is 0.614. The molecule has 1 heterocycles. The van der Waals surface area contributed by atoms with Gasteiger partial charge in [0.15, 0.2) is 9.84 Å². The topological polar surface area (TPSA) is 63.7 Å². The summed E-state index contributed by atoms with van der Waals surface area (Å²) >= 11 is 0. The molecule has 2 fully saturated rings. The minimum Gasteiger partial charge on any atom is -0.444 e. The Hall–Kier alpha value is -2.34. The summed E-state index contributed by atoms with van der Waals surface area (Å²) < 4.78 is 31.4. The van der Waals surface area contributed by atoms with Gasteiger partial charge in [0.2, 0.25) is 0 Å². The maximum Gasteiger partial charge on any atom is 0.410 e. The van der Waals surface area contributed by atoms with Gasteiger partial charge in [-0.05, 0) is 67.9 Å². The van der Waals surface area contributed by atoms with Crippen molar-refractivity contribution in [2.45, 2.75) is 68.6 Å². The van der Waals surface area contributed by atoms with Gasteiger partial charge in [0, 0.05) is 18.5 Å². The van der Waals surface area contributed by atoms with Gasteiger partial charge in [-0.25, -0.2) is 13.2 Å². The molecule has 0 bridgehead atoms. The van der Waals surface area contributed by atoms with Gasteiger partial charge in [-0.15, -0.1) is 0 Å². The molecule has 172 valence electrons. The number of sulfone groups is 1. The number of likely N-dealkylation sites (tertiary alicyclic amines) is 1. The van der Waals surface area contributed by atoms with E-state index in [0.29, 0.717) is 29.8 Å². The Morgan fingerprint density at radius 1 is 1.09 bits per heavy atom. The largest absolute Gasteiger partial charge is 0.444 e. The minimum atomic E-state index is -3.42. The lowest BCUT2D eigenvalue weighted by atomic mass is 9.95. The summed E-state index contributed by atoms with van der Waals surface area (Å²) in [5.41, 5.74) is 2.52. The molecule has 2 aliphatic rings. The summed E-state index contributed by atoms with van der Waals surface area (Å²) in [6.07, 6.45) is 0.757. The van der Waals surface area contributed by atoms with Crippen molar-refractivity contribution in [1.29, 1.82) is 0 Å². The van der Waals surface area contributed by atoms with Crippen LogP contribution in [0.2, 0.25) is 0 Å². The number of carbonyl (C=O) groups is 1. The molecule has 0 N–H and O–H groups in total. The highest BCUT2D eigenvalue weighted by molar-refractivity contribution is 7.90. The second-order valence-electron chi connectivity index (χ2n) is 10.6. The minimum absolute atomic E-state index is 0.00902. The smallest absolute Gasteiger partial charge is 0.410 e. The van der Waals surface area contributed by atoms with Crippen LogP contribution in [0.15, 0.2) is 53.4 Å². The van der Waals surface area contributed by atoms with E-state index in [1.807, 2.05) is 57.2 Å². The highest BCUT2D eigenvalue weighted by Crippen LogP contribution is 2.59. The SMILES string of the molecule is CC(C)c1ccc(CS(=O)(=O)c2ccc(C34CC3CN(C(=O)OC(C)(C)C)C4)cc2)cc1. The molecule has 0 radical (unpaired) electrons. The zero-order chi connectivity index (χ0) is 23.3. The average Bonchev–Trinajstić information content (AvgIpc) is 3.28. The van der Waals surface area contributed by atoms with Crippen LogP contribution in [0.1, 0.15) is 63.6 Å². The molecule has 1 aliphatic carbocycles. The number of hydrogen-bond acceptors (Lipinski definition) is 4. The van der Waals surface area contributed by atoms with E-state index >= 15 is 0 Å². The van der Waals surface area contributed by atoms with Gasteiger partial charge in [-0.2, -0.15) is 0 Å². The lowest BCUT2D eigenvalue weighted by molar-refractivity contribution is 0.0270. The molecule has 6 heteroatoms. The summed E-state index contributed by atoms with van der Waals surface area (Å²) in [7, 11) is -3.42. The molecule has 2 atom stereocenters. The normalized spacial score (nSPS) is 22.7. The number of ether oxygens (including phenoxy) is 1. The van der Waals surface area contributed by atoms with Crippen molar-refractivity contribution in [2.75, 3.05) is 13.1 Å². The summed E-state index contributed by atoms with van der Waals surface area (Å²) in [4.78, 5) is 14.6. The second kappa shape index (κ2) is 7.91. The van der Waals surface area contributed by atoms with E-state index < -0.39 is 15.4 Å². The monoisotopic (exact) mass is 455 g/mol. The van der Waals surface area contributed by atoms with Gasteiger partial charge in [0.05, 0.1) is 10.6 Å². The van der Waals surface area contributed by atoms with Crippen LogP contribution >= 0.6 is 0 Å². The molecular weight excluding hydrogens is 422 g/mol. The number of hydrogen-bond donors (Lipinski definition) is 0. The fraction of sp³-hybridized carbons (Fsp3) is 0.500. The number of benzene rings is 2. The Labute approximate surface area is 191 Å². The highest BCUT2D eigenvalue weighted by Gasteiger charge is 2.62. The summed E-state index contributed by atoms with van der Waals surface area (Å²) in [5, 5.41) is 0. The number of piperidine rings is 1. The first-order chi connectivity index (χ1) is 14.9. The third kappa shape index (κ3) is 4.56. The molecule has 4 rings (SSSR count). The van der Waals surface area contributed by atoms with Crippen molar-refractivity contribution in [1.82, 2.24) is 4.90 Å². The first kappa shape index (κ1) is 22.8. The zero-order valence-electron chi connectivity index (χ0n) is 19.6. The van der Waals surface area contributed by atoms with E-state index in [0.717, 1.165) is 17.5 Å². The predicted molar refractivity (Wildman–Crippen MR) is 125 cm³/mol. The van der Waals surface area contributed by atoms with Crippen LogP contribution in [0.3, 0.4) is 0 Å². The van der Waals surface area contributed by atoms with Crippen LogP contribution < -0.4 is 0 Å². The van der Waals surface area contributed by atoms with Crippen molar-refractivity contribution >= 4 is 15.9 Å². The first-order valence-corrected chi connectivity index (χ1v) is 12.9. The molecule has 5 nitrogen and oxygen atoms in total. The molecule has 1 saturated heterocycles. The lowest BCUT2D eigenvalue weighted by Crippen LogP contribution is -2.37. The number of fused-ring (bicyclic) bond motifs is 1. The van der Waals surface area contributed by atoms with E-state index in [9.17, 15) is 13.2 Å². The third-order valence-corrected chi connectivity index (χ3v) is 8.29. The maximum absolute atomic E-state index is 12.9. The molecule has 0 aromatic heterocycles. The van der Waals surface area contributed by atoms with E-state index in [2.05, 4.69) is 13.8 Å². The zero-order valence-corrected chi connectivity index (χ0v) is 20.4. The first-order valence-electron chi connectivity index (χ1n) is 11.3. The molecule has 2 unspecified atom stereocenters. The molecule has 32 heavy (non-hydrogen) atoms. The van der Waals surface area contributed by atoms with Crippen LogP contribution in [0.5, 0.6) is 0 Å². The Kier molecular flexibility index (Phi) is 5.64. The third-order valence-electron chi connectivity index (χ3n) is 6.59. The summed E-state index contributed by atoms with van der Waals surface area (Å²) in [6, 6.07) is 15.1. The summed E-state index contributed by atoms with van der Waals surface area (Å²) in [6.45, 7) is 11.2. The predicted octanol–water partition coefficient (Wildman–Crippen LogP) is 5.29. The molecule has 1 aliphatic heterocycles. The van der Waals surface area contributed by atoms with Gasteiger partial charge in [0.1, 0.15) is 5.60 Å². The van der Waals surface area contributed by atoms with E-state index in [1.54, 1.807) is 17.0 Å².